The van der Waals surface area contributed by atoms with E-state index in [9.17, 15) is 66.3 Å². The Balaban J connectivity index is 1.03. The molecule has 0 spiro atoms. The van der Waals surface area contributed by atoms with E-state index in [0.29, 0.717) is 62.1 Å². The number of rotatable bonds is 46. The first kappa shape index (κ1) is 84.7. The van der Waals surface area contributed by atoms with Crippen molar-refractivity contribution in [3.05, 3.63) is 172 Å². The number of para-hydroxylation sites is 2. The third kappa shape index (κ3) is 26.1. The fourth-order valence-corrected chi connectivity index (χ4v) is 14.8. The monoisotopic (exact) mass is 1490 g/mol. The second-order valence-corrected chi connectivity index (χ2v) is 30.7. The molecule has 5 amide bonds. The van der Waals surface area contributed by atoms with E-state index >= 15 is 0 Å². The second kappa shape index (κ2) is 41.5. The Hall–Kier alpha value is -9.55. The third-order valence-corrected chi connectivity index (χ3v) is 20.9. The zero-order valence-corrected chi connectivity index (χ0v) is 63.7. The summed E-state index contributed by atoms with van der Waals surface area (Å²) in [5.74, 6) is -6.53. The molecule has 0 radical (unpaired) electrons. The van der Waals surface area contributed by atoms with Crippen molar-refractivity contribution in [2.45, 2.75) is 225 Å². The highest BCUT2D eigenvalue weighted by atomic mass is 32.2. The number of ketones is 2. The topological polar surface area (TPSA) is 344 Å². The number of fused-ring (bicyclic) bond motifs is 2. The summed E-state index contributed by atoms with van der Waals surface area (Å²) in [5.41, 5.74) is 9.33. The number of allylic oxidation sites excluding steroid dienone is 7. The molecular formula is C83H110N7O16S+. The molecule has 24 heteroatoms. The molecule has 0 unspecified atom stereocenters. The number of carboxylic acid groups (broad SMARTS) is 3. The van der Waals surface area contributed by atoms with Crippen LogP contribution in [-0.4, -0.2) is 142 Å². The van der Waals surface area contributed by atoms with Gasteiger partial charge < -0.3 is 51.5 Å². The van der Waals surface area contributed by atoms with E-state index in [1.807, 2.05) is 30.3 Å². The summed E-state index contributed by atoms with van der Waals surface area (Å²) in [7, 11) is -4.13. The first-order chi connectivity index (χ1) is 51.1. The number of Topliss-reactive ketones (excluding diaryl/α,β-unsaturated/α-hetero) is 2. The van der Waals surface area contributed by atoms with E-state index in [-0.39, 0.29) is 87.8 Å². The van der Waals surface area contributed by atoms with Crippen molar-refractivity contribution in [3.63, 3.8) is 0 Å². The number of carboxylic acids is 3. The van der Waals surface area contributed by atoms with Gasteiger partial charge in [0.05, 0.1) is 23.1 Å². The number of aliphatic carboxylic acids is 3. The highest BCUT2D eigenvalue weighted by Gasteiger charge is 2.44. The van der Waals surface area contributed by atoms with Gasteiger partial charge >= 0.3 is 23.9 Å². The molecule has 0 aromatic heterocycles. The van der Waals surface area contributed by atoms with Gasteiger partial charge in [-0.05, 0) is 150 Å². The van der Waals surface area contributed by atoms with E-state index < -0.39 is 99.9 Å². The minimum atomic E-state index is -4.13. The van der Waals surface area contributed by atoms with Gasteiger partial charge in [0.1, 0.15) is 35.9 Å². The number of carbonyl (C=O) groups excluding carboxylic acids is 6. The number of urea groups is 1. The van der Waals surface area contributed by atoms with Gasteiger partial charge in [-0.2, -0.15) is 13.0 Å². The molecule has 2 heterocycles. The van der Waals surface area contributed by atoms with Crippen molar-refractivity contribution in [3.8, 4) is 5.75 Å². The lowest BCUT2D eigenvalue weighted by atomic mass is 9.81. The standard InChI is InChI=1S/C83H109N7O16S/c1-7-9-23-50-89-69-35-21-19-33-64(69)82(3,4)72(89)47-41-59-30-26-31-60(42-48-73-83(5,6)65-34-20-22-36-70(65)90(73)51-24-25-52-107(103,104)105)77(59)106-63-44-39-58(40-45-63)54-68(80(100)101)87-78(97)61(56-75(94)84-8-2)55-71(92)67(53-57-28-15-14-16-29-57)86-74(93)37-18-13-11-10-12-17-32-62(91)43-46-66(79(98)99)88-81(102)85-49-27-38-76(95)96/h14-16,19-22,28-29,33-36,39-42,44-45,47-48,61,66-68H,7-13,17-18,23-27,30-32,37-38,43,46,49-56H2,1-6H3,(H8-,84,85,86,87,88,93,94,95,96,97,98,99,100,101,102,103,104,105)/p+1/t61-,66-,67-,68-/m0/s1. The highest BCUT2D eigenvalue weighted by Crippen LogP contribution is 2.48. The van der Waals surface area contributed by atoms with Crippen molar-refractivity contribution < 1.29 is 80.8 Å². The molecule has 2 aliphatic heterocycles. The van der Waals surface area contributed by atoms with Crippen LogP contribution in [0, 0.1) is 5.92 Å². The van der Waals surface area contributed by atoms with E-state index in [4.69, 9.17) is 9.84 Å². The van der Waals surface area contributed by atoms with Gasteiger partial charge in [0, 0.05) is 106 Å². The van der Waals surface area contributed by atoms with Crippen LogP contribution in [0.4, 0.5) is 16.2 Å². The zero-order chi connectivity index (χ0) is 77.7. The minimum Gasteiger partial charge on any atom is -0.481 e. The summed E-state index contributed by atoms with van der Waals surface area (Å²) in [4.78, 5) is 118. The number of hydrogen-bond donors (Lipinski definition) is 9. The molecule has 0 saturated carbocycles. The molecule has 3 aliphatic rings. The maximum Gasteiger partial charge on any atom is 0.326 e. The van der Waals surface area contributed by atoms with Crippen LogP contribution < -0.4 is 36.2 Å². The average molecular weight is 1490 g/mol. The number of nitrogens with zero attached hydrogens (tertiary/aromatic N) is 2. The fraction of sp³-hybridized carbons (Fsp3) is 0.494. The number of amides is 5. The Morgan fingerprint density at radius 2 is 1.26 bits per heavy atom. The van der Waals surface area contributed by atoms with Gasteiger partial charge in [0.2, 0.25) is 23.4 Å². The van der Waals surface area contributed by atoms with Crippen LogP contribution in [0.3, 0.4) is 0 Å². The Labute approximate surface area is 630 Å². The predicted octanol–water partition coefficient (Wildman–Crippen LogP) is 12.6. The number of unbranched alkanes of at least 4 members (excludes halogenated alkanes) is 8. The largest absolute Gasteiger partial charge is 0.481 e. The molecule has 7 rings (SSSR count). The van der Waals surface area contributed by atoms with Gasteiger partial charge in [-0.3, -0.25) is 33.3 Å². The minimum absolute atomic E-state index is 0.0472. The van der Waals surface area contributed by atoms with Crippen LogP contribution in [0.2, 0.25) is 0 Å². The molecule has 4 atom stereocenters. The summed E-state index contributed by atoms with van der Waals surface area (Å²) in [5, 5.41) is 41.9. The van der Waals surface area contributed by atoms with Crippen LogP contribution in [0.1, 0.15) is 205 Å². The van der Waals surface area contributed by atoms with Crippen molar-refractivity contribution in [1.29, 1.82) is 0 Å². The lowest BCUT2D eigenvalue weighted by molar-refractivity contribution is -0.438. The maximum atomic E-state index is 14.5. The Bertz CT molecular complexity index is 4050. The van der Waals surface area contributed by atoms with Crippen LogP contribution in [0.25, 0.3) is 0 Å². The van der Waals surface area contributed by atoms with Crippen LogP contribution in [0.15, 0.2) is 150 Å². The van der Waals surface area contributed by atoms with E-state index in [2.05, 4.69) is 131 Å². The Kier molecular flexibility index (Phi) is 32.9. The smallest absolute Gasteiger partial charge is 0.326 e. The van der Waals surface area contributed by atoms with Crippen molar-refractivity contribution in [2.75, 3.05) is 36.8 Å². The molecule has 0 fully saturated rings. The lowest BCUT2D eigenvalue weighted by Crippen LogP contribution is -2.48. The average Bonchev–Trinajstić information content (AvgIpc) is 1.60. The third-order valence-electron chi connectivity index (χ3n) is 20.1. The van der Waals surface area contributed by atoms with Crippen molar-refractivity contribution in [2.24, 2.45) is 5.92 Å². The SMILES string of the molecule is CCCCC[N+]1=C(/C=C/C2=C(Oc3ccc(C[C@H](NC(=O)[C@H](CC(=O)NCC)CC(=O)[C@H](Cc4ccccc4)NC(=O)CCCCCCCCC(=O)CC[C@H](NC(=O)NCCCC(=O)O)C(=O)O)C(=O)O)cc3)C(=C/C=C3/N(CCCCS(=O)(=O)O)c4ccccc4C3(C)C)/CCC2)C(C)(C)c2ccccc21. The number of nitrogens with one attached hydrogen (secondary N) is 5. The molecule has 0 bridgehead atoms. The predicted molar refractivity (Wildman–Crippen MR) is 412 cm³/mol. The number of ether oxygens (including phenoxy) is 1. The normalized spacial score (nSPS) is 16.3. The molecule has 578 valence electrons. The first-order valence-electron chi connectivity index (χ1n) is 37.9. The number of hydrogen-bond acceptors (Lipinski definition) is 13. The van der Waals surface area contributed by atoms with Crippen LogP contribution >= 0.6 is 0 Å². The summed E-state index contributed by atoms with van der Waals surface area (Å²) in [6.07, 6.45) is 18.1. The lowest BCUT2D eigenvalue weighted by Gasteiger charge is -2.27. The quantitative estimate of drug-likeness (QED) is 0.0113. The van der Waals surface area contributed by atoms with E-state index in [1.165, 1.54) is 17.0 Å². The summed E-state index contributed by atoms with van der Waals surface area (Å²) in [6, 6.07) is 28.2. The van der Waals surface area contributed by atoms with Crippen molar-refractivity contribution >= 4 is 80.4 Å². The fourth-order valence-electron chi connectivity index (χ4n) is 14.2. The van der Waals surface area contributed by atoms with Crippen LogP contribution in [-0.2, 0) is 72.1 Å². The van der Waals surface area contributed by atoms with Gasteiger partial charge in [-0.25, -0.2) is 14.4 Å². The Morgan fingerprint density at radius 3 is 1.94 bits per heavy atom. The molecule has 4 aromatic rings. The van der Waals surface area contributed by atoms with Crippen molar-refractivity contribution in [1.82, 2.24) is 26.6 Å². The highest BCUT2D eigenvalue weighted by molar-refractivity contribution is 7.85. The van der Waals surface area contributed by atoms with E-state index in [0.717, 1.165) is 85.1 Å². The molecule has 9 N–H and O–H groups in total. The molecular weight excluding hydrogens is 1380 g/mol. The molecule has 23 nitrogen and oxygen atoms in total. The maximum absolute atomic E-state index is 14.5. The number of anilines is 1. The number of benzene rings is 4. The summed E-state index contributed by atoms with van der Waals surface area (Å²) in [6.45, 7) is 14.5. The Morgan fingerprint density at radius 1 is 0.607 bits per heavy atom. The van der Waals surface area contributed by atoms with Gasteiger partial charge in [-0.15, -0.1) is 0 Å². The van der Waals surface area contributed by atoms with Gasteiger partial charge in [-0.1, -0.05) is 138 Å². The number of carbonyl (C=O) groups is 9. The molecule has 1 aliphatic carbocycles. The van der Waals surface area contributed by atoms with E-state index in [1.54, 1.807) is 43.3 Å². The summed E-state index contributed by atoms with van der Waals surface area (Å²) >= 11 is 0. The molecule has 107 heavy (non-hydrogen) atoms. The van der Waals surface area contributed by atoms with Gasteiger partial charge in [0.25, 0.3) is 10.1 Å². The van der Waals surface area contributed by atoms with Gasteiger partial charge in [0.15, 0.2) is 11.5 Å². The molecule has 0 saturated heterocycles. The van der Waals surface area contributed by atoms with Crippen LogP contribution in [0.5, 0.6) is 5.75 Å². The second-order valence-electron chi connectivity index (χ2n) is 29.1. The molecule has 4 aromatic carbocycles. The summed E-state index contributed by atoms with van der Waals surface area (Å²) < 4.78 is 42.5. The zero-order valence-electron chi connectivity index (χ0n) is 62.9. The first-order valence-corrected chi connectivity index (χ1v) is 39.5.